The number of methoxy groups -OCH3 is 1. The second-order valence-corrected chi connectivity index (χ2v) is 3.19. The summed E-state index contributed by atoms with van der Waals surface area (Å²) in [6.07, 6.45) is 2.86. The number of ether oxygens (including phenoxy) is 1. The molecular formula is C12H11NO3. The fourth-order valence-electron chi connectivity index (χ4n) is 1.27. The van der Waals surface area contributed by atoms with Gasteiger partial charge in [-0.05, 0) is 30.3 Å². The van der Waals surface area contributed by atoms with Crippen molar-refractivity contribution in [2.75, 3.05) is 12.4 Å². The van der Waals surface area contributed by atoms with Crippen molar-refractivity contribution in [3.05, 3.63) is 48.4 Å². The van der Waals surface area contributed by atoms with E-state index in [1.807, 2.05) is 0 Å². The van der Waals surface area contributed by atoms with E-state index in [0.717, 1.165) is 5.75 Å². The molecule has 0 spiro atoms. The molecule has 0 fully saturated rings. The zero-order valence-corrected chi connectivity index (χ0v) is 8.77. The molecule has 0 saturated carbocycles. The Labute approximate surface area is 92.8 Å². The number of benzene rings is 1. The third-order valence-corrected chi connectivity index (χ3v) is 2.13. The minimum atomic E-state index is -0.195. The lowest BCUT2D eigenvalue weighted by atomic mass is 10.2. The van der Waals surface area contributed by atoms with Crippen LogP contribution >= 0.6 is 0 Å². The molecule has 1 aromatic heterocycles. The van der Waals surface area contributed by atoms with E-state index in [0.29, 0.717) is 11.3 Å². The minimum Gasteiger partial charge on any atom is -0.497 e. The van der Waals surface area contributed by atoms with Crippen molar-refractivity contribution >= 4 is 11.6 Å². The van der Waals surface area contributed by atoms with E-state index in [2.05, 4.69) is 5.32 Å². The van der Waals surface area contributed by atoms with Crippen LogP contribution in [0.1, 0.15) is 10.4 Å². The maximum Gasteiger partial charge on any atom is 0.258 e. The van der Waals surface area contributed by atoms with Gasteiger partial charge in [-0.25, -0.2) is 0 Å². The lowest BCUT2D eigenvalue weighted by molar-refractivity contribution is 0.102. The zero-order valence-electron chi connectivity index (χ0n) is 8.77. The third-order valence-electron chi connectivity index (χ3n) is 2.13. The van der Waals surface area contributed by atoms with Crippen molar-refractivity contribution in [2.24, 2.45) is 0 Å². The average molecular weight is 217 g/mol. The van der Waals surface area contributed by atoms with Crippen LogP contribution in [-0.2, 0) is 0 Å². The maximum atomic E-state index is 11.6. The van der Waals surface area contributed by atoms with Gasteiger partial charge in [0.1, 0.15) is 12.0 Å². The molecule has 0 saturated heterocycles. The van der Waals surface area contributed by atoms with E-state index >= 15 is 0 Å². The van der Waals surface area contributed by atoms with Gasteiger partial charge in [-0.15, -0.1) is 0 Å². The highest BCUT2D eigenvalue weighted by Gasteiger charge is 2.06. The molecule has 82 valence electrons. The van der Waals surface area contributed by atoms with E-state index in [1.54, 1.807) is 37.4 Å². The van der Waals surface area contributed by atoms with Crippen LogP contribution in [0, 0.1) is 0 Å². The van der Waals surface area contributed by atoms with Gasteiger partial charge in [-0.2, -0.15) is 0 Å². The monoisotopic (exact) mass is 217 g/mol. The summed E-state index contributed by atoms with van der Waals surface area (Å²) in [7, 11) is 1.60. The molecule has 0 atom stereocenters. The molecule has 4 nitrogen and oxygen atoms in total. The SMILES string of the molecule is COc1ccc(NC(=O)c2ccoc2)cc1. The third kappa shape index (κ3) is 2.23. The molecule has 1 heterocycles. The van der Waals surface area contributed by atoms with Crippen molar-refractivity contribution in [3.63, 3.8) is 0 Å². The van der Waals surface area contributed by atoms with Gasteiger partial charge in [0, 0.05) is 5.69 Å². The number of hydrogen-bond acceptors (Lipinski definition) is 3. The second-order valence-electron chi connectivity index (χ2n) is 3.19. The Morgan fingerprint density at radius 3 is 2.56 bits per heavy atom. The van der Waals surface area contributed by atoms with Crippen molar-refractivity contribution in [1.82, 2.24) is 0 Å². The van der Waals surface area contributed by atoms with Crippen LogP contribution in [0.2, 0.25) is 0 Å². The van der Waals surface area contributed by atoms with E-state index in [4.69, 9.17) is 9.15 Å². The molecule has 16 heavy (non-hydrogen) atoms. The molecule has 0 aliphatic rings. The molecule has 0 aliphatic carbocycles. The average Bonchev–Trinajstić information content (AvgIpc) is 2.83. The molecule has 1 N–H and O–H groups in total. The first-order chi connectivity index (χ1) is 7.79. The molecule has 0 unspecified atom stereocenters. The molecule has 0 radical (unpaired) electrons. The Kier molecular flexibility index (Phi) is 2.91. The summed E-state index contributed by atoms with van der Waals surface area (Å²) < 4.78 is 9.85. The first-order valence-corrected chi connectivity index (χ1v) is 4.77. The normalized spacial score (nSPS) is 9.81. The molecular weight excluding hydrogens is 206 g/mol. The largest absolute Gasteiger partial charge is 0.497 e. The minimum absolute atomic E-state index is 0.195. The summed E-state index contributed by atoms with van der Waals surface area (Å²) in [5, 5.41) is 2.74. The summed E-state index contributed by atoms with van der Waals surface area (Å²) in [4.78, 5) is 11.6. The summed E-state index contributed by atoms with van der Waals surface area (Å²) >= 11 is 0. The van der Waals surface area contributed by atoms with Gasteiger partial charge < -0.3 is 14.5 Å². The molecule has 4 heteroatoms. The Bertz CT molecular complexity index is 460. The highest BCUT2D eigenvalue weighted by Crippen LogP contribution is 2.15. The van der Waals surface area contributed by atoms with Crippen LogP contribution in [0.25, 0.3) is 0 Å². The predicted molar refractivity (Wildman–Crippen MR) is 59.7 cm³/mol. The van der Waals surface area contributed by atoms with Crippen LogP contribution in [0.3, 0.4) is 0 Å². The number of rotatable bonds is 3. The maximum absolute atomic E-state index is 11.6. The van der Waals surface area contributed by atoms with Gasteiger partial charge in [-0.3, -0.25) is 4.79 Å². The molecule has 0 aliphatic heterocycles. The molecule has 2 rings (SSSR count). The van der Waals surface area contributed by atoms with Gasteiger partial charge in [-0.1, -0.05) is 0 Å². The summed E-state index contributed by atoms with van der Waals surface area (Å²) in [6.45, 7) is 0. The van der Waals surface area contributed by atoms with Crippen LogP contribution < -0.4 is 10.1 Å². The molecule has 1 aromatic carbocycles. The Morgan fingerprint density at radius 2 is 2.00 bits per heavy atom. The van der Waals surface area contributed by atoms with E-state index in [1.165, 1.54) is 12.5 Å². The van der Waals surface area contributed by atoms with Crippen molar-refractivity contribution in [2.45, 2.75) is 0 Å². The number of carbonyl (C=O) groups excluding carboxylic acids is 1. The summed E-state index contributed by atoms with van der Waals surface area (Å²) in [5.41, 5.74) is 1.21. The lowest BCUT2D eigenvalue weighted by Gasteiger charge is -2.04. The number of hydrogen-bond donors (Lipinski definition) is 1. The van der Waals surface area contributed by atoms with Gasteiger partial charge in [0.25, 0.3) is 5.91 Å². The van der Waals surface area contributed by atoms with Crippen molar-refractivity contribution < 1.29 is 13.9 Å². The highest BCUT2D eigenvalue weighted by molar-refractivity contribution is 6.03. The summed E-state index contributed by atoms with van der Waals surface area (Å²) in [6, 6.07) is 8.72. The van der Waals surface area contributed by atoms with Crippen LogP contribution in [0.5, 0.6) is 5.75 Å². The Hall–Kier alpha value is -2.23. The fourth-order valence-corrected chi connectivity index (χ4v) is 1.27. The highest BCUT2D eigenvalue weighted by atomic mass is 16.5. The molecule has 0 bridgehead atoms. The molecule has 1 amide bonds. The first-order valence-electron chi connectivity index (χ1n) is 4.77. The fraction of sp³-hybridized carbons (Fsp3) is 0.0833. The van der Waals surface area contributed by atoms with Crippen molar-refractivity contribution in [1.29, 1.82) is 0 Å². The number of nitrogens with one attached hydrogen (secondary N) is 1. The van der Waals surface area contributed by atoms with E-state index < -0.39 is 0 Å². The van der Waals surface area contributed by atoms with Gasteiger partial charge >= 0.3 is 0 Å². The Morgan fingerprint density at radius 1 is 1.25 bits per heavy atom. The van der Waals surface area contributed by atoms with Crippen LogP contribution in [0.15, 0.2) is 47.3 Å². The second kappa shape index (κ2) is 4.53. The smallest absolute Gasteiger partial charge is 0.258 e. The standard InChI is InChI=1S/C12H11NO3/c1-15-11-4-2-10(3-5-11)13-12(14)9-6-7-16-8-9/h2-8H,1H3,(H,13,14). The van der Waals surface area contributed by atoms with Gasteiger partial charge in [0.2, 0.25) is 0 Å². The lowest BCUT2D eigenvalue weighted by Crippen LogP contribution is -2.10. The number of carbonyl (C=O) groups is 1. The summed E-state index contributed by atoms with van der Waals surface area (Å²) in [5.74, 6) is 0.556. The Balaban J connectivity index is 2.06. The number of amides is 1. The topological polar surface area (TPSA) is 51.5 Å². The van der Waals surface area contributed by atoms with Gasteiger partial charge in [0.05, 0.1) is 18.9 Å². The van der Waals surface area contributed by atoms with Crippen LogP contribution in [-0.4, -0.2) is 13.0 Å². The number of furan rings is 1. The molecule has 2 aromatic rings. The van der Waals surface area contributed by atoms with Crippen molar-refractivity contribution in [3.8, 4) is 5.75 Å². The quantitative estimate of drug-likeness (QED) is 0.859. The van der Waals surface area contributed by atoms with E-state index in [9.17, 15) is 4.79 Å². The van der Waals surface area contributed by atoms with Crippen LogP contribution in [0.4, 0.5) is 5.69 Å². The predicted octanol–water partition coefficient (Wildman–Crippen LogP) is 2.54. The zero-order chi connectivity index (χ0) is 11.4. The first kappa shape index (κ1) is 10.3. The van der Waals surface area contributed by atoms with Gasteiger partial charge in [0.15, 0.2) is 0 Å². The van der Waals surface area contributed by atoms with E-state index in [-0.39, 0.29) is 5.91 Å². The number of anilines is 1.